The van der Waals surface area contributed by atoms with Crippen LogP contribution in [0.15, 0.2) is 23.1 Å². The van der Waals surface area contributed by atoms with Crippen molar-refractivity contribution in [3.8, 4) is 0 Å². The van der Waals surface area contributed by atoms with Crippen LogP contribution in [-0.4, -0.2) is 39.5 Å². The summed E-state index contributed by atoms with van der Waals surface area (Å²) in [4.78, 5) is 1.79. The smallest absolute Gasteiger partial charge is 0.303 e. The van der Waals surface area contributed by atoms with Crippen molar-refractivity contribution in [3.63, 3.8) is 0 Å². The highest BCUT2D eigenvalue weighted by Gasteiger charge is 2.33. The van der Waals surface area contributed by atoms with Crippen molar-refractivity contribution in [1.82, 2.24) is 9.62 Å². The van der Waals surface area contributed by atoms with Crippen LogP contribution in [0, 0.1) is 5.92 Å². The highest BCUT2D eigenvalue weighted by Crippen LogP contribution is 2.33. The molecule has 1 N–H and O–H groups in total. The summed E-state index contributed by atoms with van der Waals surface area (Å²) in [6, 6.07) is 2.31. The molecule has 0 amide bonds. The predicted molar refractivity (Wildman–Crippen MR) is 91.1 cm³/mol. The van der Waals surface area contributed by atoms with Gasteiger partial charge in [-0.3, -0.25) is 0 Å². The van der Waals surface area contributed by atoms with Crippen molar-refractivity contribution in [1.29, 1.82) is 0 Å². The van der Waals surface area contributed by atoms with Crippen LogP contribution < -0.4 is 4.72 Å². The van der Waals surface area contributed by atoms with Crippen molar-refractivity contribution in [2.24, 2.45) is 5.92 Å². The molecule has 9 heteroatoms. The van der Waals surface area contributed by atoms with Gasteiger partial charge in [0.1, 0.15) is 4.90 Å². The summed E-state index contributed by atoms with van der Waals surface area (Å²) in [6.45, 7) is 5.15. The van der Waals surface area contributed by atoms with Gasteiger partial charge in [-0.25, -0.2) is 13.1 Å². The fraction of sp³-hybridized carbons (Fsp3) is 0.625. The van der Waals surface area contributed by atoms with Crippen LogP contribution in [0.4, 0.5) is 13.2 Å². The number of nitrogens with one attached hydrogen (secondary N) is 1. The molecule has 0 bridgehead atoms. The maximum absolute atomic E-state index is 12.8. The second kappa shape index (κ2) is 8.24. The van der Waals surface area contributed by atoms with E-state index in [1.165, 1.54) is 0 Å². The van der Waals surface area contributed by atoms with Crippen LogP contribution in [0.1, 0.15) is 31.7 Å². The predicted octanol–water partition coefficient (Wildman–Crippen LogP) is 3.76. The van der Waals surface area contributed by atoms with Gasteiger partial charge in [-0.05, 0) is 63.0 Å². The highest BCUT2D eigenvalue weighted by molar-refractivity contribution is 7.89. The van der Waals surface area contributed by atoms with Gasteiger partial charge in [0.05, 0.1) is 10.6 Å². The number of sulfonamides is 1. The topological polar surface area (TPSA) is 49.4 Å². The number of hydrogen-bond donors (Lipinski definition) is 1. The van der Waals surface area contributed by atoms with E-state index in [-0.39, 0.29) is 17.5 Å². The molecule has 1 aliphatic rings. The molecule has 0 unspecified atom stereocenters. The van der Waals surface area contributed by atoms with E-state index in [4.69, 9.17) is 11.6 Å². The summed E-state index contributed by atoms with van der Waals surface area (Å²) in [5, 5.41) is -0.224. The van der Waals surface area contributed by atoms with Gasteiger partial charge in [-0.1, -0.05) is 18.5 Å². The van der Waals surface area contributed by atoms with Crippen LogP contribution in [0.2, 0.25) is 5.02 Å². The second-order valence-corrected chi connectivity index (χ2v) is 8.42. The number of benzene rings is 1. The minimum Gasteiger partial charge on any atom is -0.303 e. The van der Waals surface area contributed by atoms with E-state index in [1.807, 2.05) is 0 Å². The molecule has 0 aromatic heterocycles. The Labute approximate surface area is 151 Å². The quantitative estimate of drug-likeness (QED) is 0.793. The molecule has 0 spiro atoms. The lowest BCUT2D eigenvalue weighted by atomic mass is 9.97. The maximum Gasteiger partial charge on any atom is 0.416 e. The van der Waals surface area contributed by atoms with Gasteiger partial charge < -0.3 is 4.90 Å². The largest absolute Gasteiger partial charge is 0.416 e. The Bertz CT molecular complexity index is 687. The first kappa shape index (κ1) is 20.5. The first-order chi connectivity index (χ1) is 11.6. The molecule has 0 radical (unpaired) electrons. The molecule has 1 heterocycles. The average Bonchev–Trinajstić information content (AvgIpc) is 2.54. The zero-order chi connectivity index (χ0) is 18.7. The van der Waals surface area contributed by atoms with E-state index in [2.05, 4.69) is 16.5 Å². The monoisotopic (exact) mass is 398 g/mol. The van der Waals surface area contributed by atoms with Gasteiger partial charge in [-0.2, -0.15) is 13.2 Å². The molecule has 142 valence electrons. The van der Waals surface area contributed by atoms with Crippen LogP contribution >= 0.6 is 11.6 Å². The van der Waals surface area contributed by atoms with E-state index in [0.717, 1.165) is 51.0 Å². The zero-order valence-electron chi connectivity index (χ0n) is 13.9. The summed E-state index contributed by atoms with van der Waals surface area (Å²) < 4.78 is 65.6. The third-order valence-corrected chi connectivity index (χ3v) is 6.26. The van der Waals surface area contributed by atoms with Gasteiger partial charge in [-0.15, -0.1) is 0 Å². The van der Waals surface area contributed by atoms with Crippen LogP contribution in [0.3, 0.4) is 0 Å². The first-order valence-corrected chi connectivity index (χ1v) is 10.1. The van der Waals surface area contributed by atoms with Crippen molar-refractivity contribution in [2.45, 2.75) is 37.3 Å². The Kier molecular flexibility index (Phi) is 6.75. The van der Waals surface area contributed by atoms with Crippen LogP contribution in [0.25, 0.3) is 0 Å². The lowest BCUT2D eigenvalue weighted by Crippen LogP contribution is -2.39. The summed E-state index contributed by atoms with van der Waals surface area (Å²) in [7, 11) is -4.09. The van der Waals surface area contributed by atoms with Gasteiger partial charge in [0.2, 0.25) is 10.0 Å². The van der Waals surface area contributed by atoms with Crippen molar-refractivity contribution in [3.05, 3.63) is 28.8 Å². The van der Waals surface area contributed by atoms with Crippen molar-refractivity contribution >= 4 is 21.6 Å². The van der Waals surface area contributed by atoms with E-state index in [9.17, 15) is 21.6 Å². The summed E-state index contributed by atoms with van der Waals surface area (Å²) >= 11 is 5.81. The van der Waals surface area contributed by atoms with Gasteiger partial charge >= 0.3 is 6.18 Å². The zero-order valence-corrected chi connectivity index (χ0v) is 15.5. The van der Waals surface area contributed by atoms with E-state index < -0.39 is 26.7 Å². The summed E-state index contributed by atoms with van der Waals surface area (Å²) in [5.74, 6) is 0.174. The second-order valence-electron chi connectivity index (χ2n) is 6.28. The molecule has 1 aliphatic heterocycles. The van der Waals surface area contributed by atoms with Gasteiger partial charge in [0.15, 0.2) is 0 Å². The van der Waals surface area contributed by atoms with Crippen LogP contribution in [-0.2, 0) is 16.2 Å². The van der Waals surface area contributed by atoms with Crippen molar-refractivity contribution in [2.75, 3.05) is 26.2 Å². The number of likely N-dealkylation sites (tertiary alicyclic amines) is 1. The molecule has 0 saturated carbocycles. The molecule has 4 nitrogen and oxygen atoms in total. The summed E-state index contributed by atoms with van der Waals surface area (Å²) in [5.41, 5.74) is -1.04. The van der Waals surface area contributed by atoms with Gasteiger partial charge in [0, 0.05) is 6.54 Å². The molecule has 25 heavy (non-hydrogen) atoms. The molecule has 2 rings (SSSR count). The average molecular weight is 399 g/mol. The number of halogens is 4. The Morgan fingerprint density at radius 2 is 1.92 bits per heavy atom. The number of alkyl halides is 3. The standard InChI is InChI=1S/C16H22ClF3N2O2S/c1-2-7-22-8-5-12(6-9-22)11-21-25(23,24)15-10-13(16(18,19)20)3-4-14(15)17/h3-4,10,12,21H,2,5-9,11H2,1H3. The fourth-order valence-electron chi connectivity index (χ4n) is 2.92. The molecular formula is C16H22ClF3N2O2S. The van der Waals surface area contributed by atoms with E-state index in [0.29, 0.717) is 6.07 Å². The van der Waals surface area contributed by atoms with Gasteiger partial charge in [0.25, 0.3) is 0 Å². The maximum atomic E-state index is 12.8. The number of piperidine rings is 1. The number of rotatable bonds is 6. The van der Waals surface area contributed by atoms with Crippen molar-refractivity contribution < 1.29 is 21.6 Å². The fourth-order valence-corrected chi connectivity index (χ4v) is 4.56. The lowest BCUT2D eigenvalue weighted by molar-refractivity contribution is -0.137. The normalized spacial score (nSPS) is 17.8. The highest BCUT2D eigenvalue weighted by atomic mass is 35.5. The van der Waals surface area contributed by atoms with E-state index in [1.54, 1.807) is 0 Å². The lowest BCUT2D eigenvalue weighted by Gasteiger charge is -2.31. The molecule has 1 saturated heterocycles. The molecular weight excluding hydrogens is 377 g/mol. The Morgan fingerprint density at radius 1 is 1.28 bits per heavy atom. The minimum absolute atomic E-state index is 0.174. The third-order valence-electron chi connectivity index (χ3n) is 4.36. The molecule has 0 atom stereocenters. The molecule has 1 aromatic carbocycles. The molecule has 1 fully saturated rings. The SMILES string of the molecule is CCCN1CCC(CNS(=O)(=O)c2cc(C(F)(F)F)ccc2Cl)CC1. The third kappa shape index (κ3) is 5.57. The Morgan fingerprint density at radius 3 is 2.48 bits per heavy atom. The number of nitrogens with zero attached hydrogens (tertiary/aromatic N) is 1. The number of hydrogen-bond acceptors (Lipinski definition) is 3. The Hall–Kier alpha value is -0.830. The molecule has 0 aliphatic carbocycles. The first-order valence-electron chi connectivity index (χ1n) is 8.22. The molecule has 1 aromatic rings. The minimum atomic E-state index is -4.62. The summed E-state index contributed by atoms with van der Waals surface area (Å²) in [6.07, 6.45) is -1.83. The van der Waals surface area contributed by atoms with E-state index >= 15 is 0 Å². The Balaban J connectivity index is 2.03. The van der Waals surface area contributed by atoms with Crippen LogP contribution in [0.5, 0.6) is 0 Å².